The maximum atomic E-state index is 4.08. The molecule has 0 amide bonds. The van der Waals surface area contributed by atoms with Crippen LogP contribution in [0.1, 0.15) is 45.4 Å². The first-order chi connectivity index (χ1) is 6.93. The number of aromatic nitrogens is 2. The number of hydrogen-bond donors (Lipinski definition) is 0. The summed E-state index contributed by atoms with van der Waals surface area (Å²) in [7, 11) is 0. The van der Waals surface area contributed by atoms with Crippen LogP contribution in [0.25, 0.3) is 0 Å². The van der Waals surface area contributed by atoms with E-state index >= 15 is 0 Å². The van der Waals surface area contributed by atoms with E-state index in [4.69, 9.17) is 0 Å². The van der Waals surface area contributed by atoms with Crippen LogP contribution in [-0.4, -0.2) is 4.98 Å². The van der Waals surface area contributed by atoms with E-state index in [9.17, 15) is 0 Å². The van der Waals surface area contributed by atoms with E-state index in [1.165, 1.54) is 38.5 Å². The van der Waals surface area contributed by atoms with Crippen molar-refractivity contribution >= 4 is 0 Å². The van der Waals surface area contributed by atoms with Crippen molar-refractivity contribution < 1.29 is 17.0 Å². The van der Waals surface area contributed by atoms with Gasteiger partial charge in [0.15, 0.2) is 0 Å². The maximum Gasteiger partial charge on any atom is 0.286 e. The largest absolute Gasteiger partial charge is 1.00 e. The molecule has 2 nitrogen and oxygen atoms in total. The fraction of sp³-hybridized carbons (Fsp3) is 0.667. The van der Waals surface area contributed by atoms with Gasteiger partial charge in [0, 0.05) is 6.07 Å². The molecule has 15 heavy (non-hydrogen) atoms. The van der Waals surface area contributed by atoms with E-state index in [-0.39, 0.29) is 12.4 Å². The lowest BCUT2D eigenvalue weighted by molar-refractivity contribution is -0.700. The second-order valence-corrected chi connectivity index (χ2v) is 3.76. The SMILES string of the molecule is CCCCCCCC[n+]1cccnc1.[Cl-]. The van der Waals surface area contributed by atoms with E-state index in [0.717, 1.165) is 6.54 Å². The summed E-state index contributed by atoms with van der Waals surface area (Å²) in [6.07, 6.45) is 13.9. The molecule has 86 valence electrons. The standard InChI is InChI=1S/C12H21N2.ClH/c1-2-3-4-5-6-7-10-14-11-8-9-13-12-14;/h8-9,11-12H,2-7,10H2,1H3;1H/q+1;/p-1. The van der Waals surface area contributed by atoms with Crippen molar-refractivity contribution in [2.75, 3.05) is 0 Å². The van der Waals surface area contributed by atoms with Crippen LogP contribution in [0.3, 0.4) is 0 Å². The molecule has 0 bridgehead atoms. The molecular weight excluding hydrogens is 208 g/mol. The molecule has 1 aromatic rings. The first-order valence-corrected chi connectivity index (χ1v) is 5.72. The summed E-state index contributed by atoms with van der Waals surface area (Å²) < 4.78 is 2.15. The van der Waals surface area contributed by atoms with Crippen molar-refractivity contribution in [1.29, 1.82) is 0 Å². The molecule has 1 rings (SSSR count). The second kappa shape index (κ2) is 9.91. The Hall–Kier alpha value is -0.630. The molecule has 0 aromatic carbocycles. The molecule has 0 N–H and O–H groups in total. The van der Waals surface area contributed by atoms with Crippen molar-refractivity contribution in [2.45, 2.75) is 52.0 Å². The van der Waals surface area contributed by atoms with Crippen LogP contribution in [-0.2, 0) is 6.54 Å². The number of halogens is 1. The van der Waals surface area contributed by atoms with Gasteiger partial charge < -0.3 is 12.4 Å². The molecule has 0 fully saturated rings. The molecule has 1 aromatic heterocycles. The van der Waals surface area contributed by atoms with Crippen molar-refractivity contribution in [3.63, 3.8) is 0 Å². The Kier molecular flexibility index (Phi) is 9.49. The summed E-state index contributed by atoms with van der Waals surface area (Å²) >= 11 is 0. The number of unbranched alkanes of at least 4 members (excludes halogenated alkanes) is 5. The highest BCUT2D eigenvalue weighted by Gasteiger charge is 1.95. The van der Waals surface area contributed by atoms with Gasteiger partial charge >= 0.3 is 0 Å². The third-order valence-electron chi connectivity index (χ3n) is 2.43. The fourth-order valence-electron chi connectivity index (χ4n) is 1.57. The Bertz CT molecular complexity index is 226. The van der Waals surface area contributed by atoms with Gasteiger partial charge in [-0.3, -0.25) is 0 Å². The minimum atomic E-state index is 0. The zero-order chi connectivity index (χ0) is 10.1. The molecular formula is C12H21ClN2. The highest BCUT2D eigenvalue weighted by molar-refractivity contribution is 4.68. The van der Waals surface area contributed by atoms with Crippen LogP contribution in [0.15, 0.2) is 24.8 Å². The van der Waals surface area contributed by atoms with Gasteiger partial charge in [0.25, 0.3) is 6.33 Å². The summed E-state index contributed by atoms with van der Waals surface area (Å²) in [5, 5.41) is 0. The lowest BCUT2D eigenvalue weighted by atomic mass is 10.1. The first kappa shape index (κ1) is 14.4. The number of aryl methyl sites for hydroxylation is 1. The topological polar surface area (TPSA) is 16.8 Å². The molecule has 0 aliphatic rings. The second-order valence-electron chi connectivity index (χ2n) is 3.76. The van der Waals surface area contributed by atoms with Gasteiger partial charge in [-0.2, -0.15) is 0 Å². The predicted molar refractivity (Wildman–Crippen MR) is 57.8 cm³/mol. The normalized spacial score (nSPS) is 9.67. The summed E-state index contributed by atoms with van der Waals surface area (Å²) in [6.45, 7) is 3.37. The average Bonchev–Trinajstić information content (AvgIpc) is 2.25. The molecule has 1 heterocycles. The van der Waals surface area contributed by atoms with E-state index < -0.39 is 0 Å². The Morgan fingerprint density at radius 1 is 1.07 bits per heavy atom. The molecule has 0 saturated heterocycles. The number of nitrogens with zero attached hydrogens (tertiary/aromatic N) is 2. The summed E-state index contributed by atoms with van der Waals surface area (Å²) in [4.78, 5) is 4.08. The van der Waals surface area contributed by atoms with Crippen LogP contribution in [0, 0.1) is 0 Å². The minimum Gasteiger partial charge on any atom is -1.00 e. The Balaban J connectivity index is 0.00000196. The lowest BCUT2D eigenvalue weighted by Crippen LogP contribution is -3.00. The van der Waals surface area contributed by atoms with Gasteiger partial charge in [-0.25, -0.2) is 4.57 Å². The van der Waals surface area contributed by atoms with Crippen molar-refractivity contribution in [2.24, 2.45) is 0 Å². The average molecular weight is 229 g/mol. The third-order valence-corrected chi connectivity index (χ3v) is 2.43. The molecule has 0 unspecified atom stereocenters. The zero-order valence-electron chi connectivity index (χ0n) is 9.53. The van der Waals surface area contributed by atoms with E-state index in [1.54, 1.807) is 0 Å². The van der Waals surface area contributed by atoms with E-state index in [0.29, 0.717) is 0 Å². The molecule has 0 atom stereocenters. The third kappa shape index (κ3) is 7.32. The number of hydrogen-bond acceptors (Lipinski definition) is 1. The minimum absolute atomic E-state index is 0. The molecule has 0 radical (unpaired) electrons. The predicted octanol–water partition coefficient (Wildman–Crippen LogP) is -0.266. The number of rotatable bonds is 7. The lowest BCUT2D eigenvalue weighted by Gasteiger charge is -1.99. The van der Waals surface area contributed by atoms with E-state index in [2.05, 4.69) is 22.7 Å². The van der Waals surface area contributed by atoms with Crippen molar-refractivity contribution in [3.8, 4) is 0 Å². The highest BCUT2D eigenvalue weighted by Crippen LogP contribution is 2.04. The van der Waals surface area contributed by atoms with Crippen LogP contribution < -0.4 is 17.0 Å². The smallest absolute Gasteiger partial charge is 0.286 e. The van der Waals surface area contributed by atoms with Gasteiger partial charge in [0.2, 0.25) is 0 Å². The Morgan fingerprint density at radius 3 is 2.47 bits per heavy atom. The van der Waals surface area contributed by atoms with Crippen LogP contribution in [0.5, 0.6) is 0 Å². The van der Waals surface area contributed by atoms with Crippen molar-refractivity contribution in [1.82, 2.24) is 4.98 Å². The monoisotopic (exact) mass is 228 g/mol. The van der Waals surface area contributed by atoms with Gasteiger partial charge in [0.05, 0.1) is 12.7 Å². The zero-order valence-corrected chi connectivity index (χ0v) is 10.3. The summed E-state index contributed by atoms with van der Waals surface area (Å²) in [5.41, 5.74) is 0. The Labute approximate surface area is 99.2 Å². The summed E-state index contributed by atoms with van der Waals surface area (Å²) in [5.74, 6) is 0. The van der Waals surface area contributed by atoms with Gasteiger partial charge in [0.1, 0.15) is 6.20 Å². The summed E-state index contributed by atoms with van der Waals surface area (Å²) in [6, 6.07) is 1.98. The maximum absolute atomic E-state index is 4.08. The quantitative estimate of drug-likeness (QED) is 0.464. The van der Waals surface area contributed by atoms with Gasteiger partial charge in [-0.05, 0) is 12.8 Å². The van der Waals surface area contributed by atoms with Gasteiger partial charge in [-0.15, -0.1) is 0 Å². The fourth-order valence-corrected chi connectivity index (χ4v) is 1.57. The molecule has 3 heteroatoms. The van der Waals surface area contributed by atoms with Crippen LogP contribution >= 0.6 is 0 Å². The van der Waals surface area contributed by atoms with E-state index in [1.807, 2.05) is 18.6 Å². The highest BCUT2D eigenvalue weighted by atomic mass is 35.5. The molecule has 0 aliphatic heterocycles. The van der Waals surface area contributed by atoms with Crippen LogP contribution in [0.2, 0.25) is 0 Å². The van der Waals surface area contributed by atoms with Gasteiger partial charge in [-0.1, -0.05) is 37.6 Å². The Morgan fingerprint density at radius 2 is 1.80 bits per heavy atom. The molecule has 0 saturated carbocycles. The molecule has 0 spiro atoms. The first-order valence-electron chi connectivity index (χ1n) is 5.72. The van der Waals surface area contributed by atoms with Crippen LogP contribution in [0.4, 0.5) is 0 Å². The molecule has 0 aliphatic carbocycles. The van der Waals surface area contributed by atoms with Crippen molar-refractivity contribution in [3.05, 3.63) is 24.8 Å².